The number of nitrogens with one attached hydrogen (secondary N) is 2. The zero-order valence-electron chi connectivity index (χ0n) is 14.6. The minimum absolute atomic E-state index is 0.0852. The van der Waals surface area contributed by atoms with Crippen molar-refractivity contribution in [1.82, 2.24) is 9.78 Å². The third-order valence-corrected chi connectivity index (χ3v) is 4.21. The first kappa shape index (κ1) is 19.1. The molecule has 0 aliphatic rings. The summed E-state index contributed by atoms with van der Waals surface area (Å²) in [5.41, 5.74) is 0.839. The van der Waals surface area contributed by atoms with Crippen LogP contribution < -0.4 is 10.6 Å². The van der Waals surface area contributed by atoms with Crippen molar-refractivity contribution in [1.29, 1.82) is 0 Å². The minimum atomic E-state index is -1.25. The Kier molecular flexibility index (Phi) is 5.42. The number of rotatable bonds is 5. The van der Waals surface area contributed by atoms with Crippen molar-refractivity contribution >= 4 is 40.8 Å². The molecule has 28 heavy (non-hydrogen) atoms. The van der Waals surface area contributed by atoms with E-state index in [0.717, 1.165) is 6.20 Å². The number of hydrogen-bond donors (Lipinski definition) is 3. The van der Waals surface area contributed by atoms with E-state index in [4.69, 9.17) is 11.6 Å². The first-order valence-corrected chi connectivity index (χ1v) is 8.47. The highest BCUT2D eigenvalue weighted by molar-refractivity contribution is 6.34. The molecule has 1 heterocycles. The zero-order valence-corrected chi connectivity index (χ0v) is 15.4. The second-order valence-corrected chi connectivity index (χ2v) is 6.21. The van der Waals surface area contributed by atoms with Gasteiger partial charge in [0.25, 0.3) is 11.8 Å². The van der Waals surface area contributed by atoms with Crippen molar-refractivity contribution in [3.63, 3.8) is 0 Å². The fraction of sp³-hybridized carbons (Fsp3) is 0.0526. The Morgan fingerprint density at radius 2 is 1.61 bits per heavy atom. The minimum Gasteiger partial charge on any atom is -0.478 e. The monoisotopic (exact) mass is 398 g/mol. The van der Waals surface area contributed by atoms with Gasteiger partial charge < -0.3 is 15.7 Å². The van der Waals surface area contributed by atoms with E-state index in [0.29, 0.717) is 22.0 Å². The van der Waals surface area contributed by atoms with Crippen LogP contribution in [-0.2, 0) is 7.05 Å². The zero-order chi connectivity index (χ0) is 20.3. The van der Waals surface area contributed by atoms with Gasteiger partial charge in [-0.15, -0.1) is 0 Å². The standard InChI is InChI=1S/C19H15ClN4O4/c1-24-16(14(10-21-24)19(27)28)18(26)23-12-6-4-5-11(9-12)22-17(25)13-7-2-3-8-15(13)20/h2-10H,1H3,(H,22,25)(H,23,26)(H,27,28). The Hall–Kier alpha value is -3.65. The van der Waals surface area contributed by atoms with Gasteiger partial charge in [-0.2, -0.15) is 5.10 Å². The molecule has 9 heteroatoms. The highest BCUT2D eigenvalue weighted by atomic mass is 35.5. The Morgan fingerprint density at radius 3 is 2.25 bits per heavy atom. The Labute approximate surface area is 164 Å². The molecule has 0 spiro atoms. The van der Waals surface area contributed by atoms with Gasteiger partial charge >= 0.3 is 5.97 Å². The Morgan fingerprint density at radius 1 is 0.964 bits per heavy atom. The number of hydrogen-bond acceptors (Lipinski definition) is 4. The highest BCUT2D eigenvalue weighted by Gasteiger charge is 2.21. The van der Waals surface area contributed by atoms with Gasteiger partial charge in [0.1, 0.15) is 11.3 Å². The summed E-state index contributed by atoms with van der Waals surface area (Å²) in [6.07, 6.45) is 1.11. The number of aromatic nitrogens is 2. The Bertz CT molecular complexity index is 1080. The number of carbonyl (C=O) groups is 3. The van der Waals surface area contributed by atoms with Crippen LogP contribution in [0, 0.1) is 0 Å². The SMILES string of the molecule is Cn1ncc(C(=O)O)c1C(=O)Nc1cccc(NC(=O)c2ccccc2Cl)c1. The van der Waals surface area contributed by atoms with Crippen molar-refractivity contribution in [2.45, 2.75) is 0 Å². The van der Waals surface area contributed by atoms with Crippen LogP contribution in [0.15, 0.2) is 54.7 Å². The lowest BCUT2D eigenvalue weighted by Gasteiger charge is -2.10. The third-order valence-electron chi connectivity index (χ3n) is 3.88. The fourth-order valence-corrected chi connectivity index (χ4v) is 2.79. The quantitative estimate of drug-likeness (QED) is 0.610. The smallest absolute Gasteiger partial charge is 0.339 e. The first-order chi connectivity index (χ1) is 13.4. The van der Waals surface area contributed by atoms with Crippen LogP contribution in [0.3, 0.4) is 0 Å². The number of aryl methyl sites for hydroxylation is 1. The van der Waals surface area contributed by atoms with E-state index in [-0.39, 0.29) is 11.3 Å². The number of anilines is 2. The molecular weight excluding hydrogens is 384 g/mol. The molecule has 0 aliphatic heterocycles. The van der Waals surface area contributed by atoms with E-state index in [1.54, 1.807) is 48.5 Å². The molecule has 0 fully saturated rings. The molecule has 3 rings (SSSR count). The number of amides is 2. The summed E-state index contributed by atoms with van der Waals surface area (Å²) in [7, 11) is 1.47. The first-order valence-electron chi connectivity index (χ1n) is 8.09. The summed E-state index contributed by atoms with van der Waals surface area (Å²) in [5.74, 6) is -2.28. The van der Waals surface area contributed by atoms with Crippen molar-refractivity contribution in [3.8, 4) is 0 Å². The summed E-state index contributed by atoms with van der Waals surface area (Å²) in [6, 6.07) is 13.1. The molecular formula is C19H15ClN4O4. The number of nitrogens with zero attached hydrogens (tertiary/aromatic N) is 2. The van der Waals surface area contributed by atoms with Crippen LogP contribution in [0.5, 0.6) is 0 Å². The maximum absolute atomic E-state index is 12.5. The number of benzene rings is 2. The van der Waals surface area contributed by atoms with Crippen molar-refractivity contribution in [3.05, 3.63) is 76.6 Å². The number of carbonyl (C=O) groups excluding carboxylic acids is 2. The van der Waals surface area contributed by atoms with Gasteiger partial charge in [-0.25, -0.2) is 4.79 Å². The molecule has 2 aromatic carbocycles. The maximum Gasteiger partial charge on any atom is 0.339 e. The molecule has 1 aromatic heterocycles. The number of carboxylic acids is 1. The predicted molar refractivity (Wildman–Crippen MR) is 104 cm³/mol. The van der Waals surface area contributed by atoms with E-state index in [2.05, 4.69) is 15.7 Å². The normalized spacial score (nSPS) is 10.4. The van der Waals surface area contributed by atoms with Crippen molar-refractivity contribution in [2.24, 2.45) is 7.05 Å². The number of carboxylic acid groups (broad SMARTS) is 1. The lowest BCUT2D eigenvalue weighted by Crippen LogP contribution is -2.19. The van der Waals surface area contributed by atoms with E-state index >= 15 is 0 Å². The summed E-state index contributed by atoms with van der Waals surface area (Å²) in [4.78, 5) is 36.1. The van der Waals surface area contributed by atoms with Crippen LogP contribution in [0.25, 0.3) is 0 Å². The molecule has 2 amide bonds. The van der Waals surface area contributed by atoms with Crippen LogP contribution in [-0.4, -0.2) is 32.7 Å². The topological polar surface area (TPSA) is 113 Å². The van der Waals surface area contributed by atoms with Gasteiger partial charge in [-0.05, 0) is 30.3 Å². The number of halogens is 1. The molecule has 0 radical (unpaired) electrons. The summed E-state index contributed by atoms with van der Waals surface area (Å²) >= 11 is 6.02. The maximum atomic E-state index is 12.5. The fourth-order valence-electron chi connectivity index (χ4n) is 2.57. The molecule has 8 nitrogen and oxygen atoms in total. The Balaban J connectivity index is 1.78. The average molecular weight is 399 g/mol. The van der Waals surface area contributed by atoms with Gasteiger partial charge in [0.15, 0.2) is 0 Å². The lowest BCUT2D eigenvalue weighted by molar-refractivity contribution is 0.0692. The predicted octanol–water partition coefficient (Wildman–Crippen LogP) is 3.28. The van der Waals surface area contributed by atoms with E-state index in [1.165, 1.54) is 11.7 Å². The highest BCUT2D eigenvalue weighted by Crippen LogP contribution is 2.20. The van der Waals surface area contributed by atoms with Crippen LogP contribution in [0.4, 0.5) is 11.4 Å². The van der Waals surface area contributed by atoms with Crippen LogP contribution >= 0.6 is 11.6 Å². The molecule has 0 aliphatic carbocycles. The van der Waals surface area contributed by atoms with Gasteiger partial charge in [-0.1, -0.05) is 29.8 Å². The average Bonchev–Trinajstić information content (AvgIpc) is 3.04. The van der Waals surface area contributed by atoms with E-state index in [9.17, 15) is 19.5 Å². The largest absolute Gasteiger partial charge is 0.478 e. The second kappa shape index (κ2) is 7.93. The summed E-state index contributed by atoms with van der Waals surface area (Å²) in [5, 5.41) is 18.6. The summed E-state index contributed by atoms with van der Waals surface area (Å²) in [6.45, 7) is 0. The van der Waals surface area contributed by atoms with E-state index in [1.807, 2.05) is 0 Å². The van der Waals surface area contributed by atoms with Gasteiger partial charge in [-0.3, -0.25) is 14.3 Å². The molecule has 0 atom stereocenters. The van der Waals surface area contributed by atoms with Gasteiger partial charge in [0, 0.05) is 18.4 Å². The van der Waals surface area contributed by atoms with E-state index < -0.39 is 17.8 Å². The van der Waals surface area contributed by atoms with Crippen molar-refractivity contribution < 1.29 is 19.5 Å². The van der Waals surface area contributed by atoms with Crippen LogP contribution in [0.1, 0.15) is 31.2 Å². The molecule has 0 saturated heterocycles. The molecule has 0 unspecified atom stereocenters. The molecule has 0 saturated carbocycles. The molecule has 0 bridgehead atoms. The van der Waals surface area contributed by atoms with Gasteiger partial charge in [0.05, 0.1) is 16.8 Å². The van der Waals surface area contributed by atoms with Crippen LogP contribution in [0.2, 0.25) is 5.02 Å². The second-order valence-electron chi connectivity index (χ2n) is 5.80. The number of aromatic carboxylic acids is 1. The van der Waals surface area contributed by atoms with Crippen molar-refractivity contribution in [2.75, 3.05) is 10.6 Å². The summed E-state index contributed by atoms with van der Waals surface area (Å²) < 4.78 is 1.18. The molecule has 3 aromatic rings. The van der Waals surface area contributed by atoms with Gasteiger partial charge in [0.2, 0.25) is 0 Å². The molecule has 142 valence electrons. The molecule has 3 N–H and O–H groups in total. The third kappa shape index (κ3) is 4.02. The lowest BCUT2D eigenvalue weighted by atomic mass is 10.2.